The molecule has 0 aromatic carbocycles. The Bertz CT molecular complexity index is 651. The molecule has 110 valence electrons. The highest BCUT2D eigenvalue weighted by molar-refractivity contribution is 5.92. The number of hydrogen-bond donors (Lipinski definition) is 0. The Morgan fingerprint density at radius 1 is 1.33 bits per heavy atom. The van der Waals surface area contributed by atoms with Gasteiger partial charge in [-0.25, -0.2) is 9.97 Å². The molecule has 1 amide bonds. The Kier molecular flexibility index (Phi) is 3.68. The van der Waals surface area contributed by atoms with Gasteiger partial charge in [0, 0.05) is 31.7 Å². The Labute approximate surface area is 123 Å². The van der Waals surface area contributed by atoms with Crippen molar-refractivity contribution in [2.45, 2.75) is 32.2 Å². The zero-order valence-electron chi connectivity index (χ0n) is 12.4. The molecule has 1 fully saturated rings. The largest absolute Gasteiger partial charge is 0.327 e. The summed E-state index contributed by atoms with van der Waals surface area (Å²) in [5, 5.41) is 4.22. The van der Waals surface area contributed by atoms with Gasteiger partial charge in [-0.3, -0.25) is 9.48 Å². The first-order valence-electron chi connectivity index (χ1n) is 7.25. The van der Waals surface area contributed by atoms with Crippen LogP contribution in [-0.2, 0) is 7.05 Å². The second-order valence-electron chi connectivity index (χ2n) is 5.44. The lowest BCUT2D eigenvalue weighted by molar-refractivity contribution is 0.0592. The molecular weight excluding hydrogens is 266 g/mol. The fourth-order valence-electron chi connectivity index (χ4n) is 2.75. The SMILES string of the molecule is Cc1ccnc([C@@H]2CCCCN2C(=O)c2ccn(C)n2)n1. The highest BCUT2D eigenvalue weighted by Gasteiger charge is 2.31. The minimum absolute atomic E-state index is 0.0367. The summed E-state index contributed by atoms with van der Waals surface area (Å²) >= 11 is 0. The molecule has 2 aromatic rings. The molecule has 0 aliphatic carbocycles. The van der Waals surface area contributed by atoms with Crippen molar-refractivity contribution < 1.29 is 4.79 Å². The maximum Gasteiger partial charge on any atom is 0.274 e. The molecule has 0 radical (unpaired) electrons. The number of aromatic nitrogens is 4. The van der Waals surface area contributed by atoms with Gasteiger partial charge in [0.2, 0.25) is 0 Å². The number of amides is 1. The molecule has 3 heterocycles. The van der Waals surface area contributed by atoms with Crippen molar-refractivity contribution in [3.63, 3.8) is 0 Å². The van der Waals surface area contributed by atoms with Crippen LogP contribution in [0.25, 0.3) is 0 Å². The van der Waals surface area contributed by atoms with E-state index in [4.69, 9.17) is 0 Å². The normalized spacial score (nSPS) is 18.8. The van der Waals surface area contributed by atoms with Crippen LogP contribution in [0.2, 0.25) is 0 Å². The van der Waals surface area contributed by atoms with Crippen LogP contribution in [0.3, 0.4) is 0 Å². The smallest absolute Gasteiger partial charge is 0.274 e. The molecule has 2 aromatic heterocycles. The molecule has 1 aliphatic rings. The summed E-state index contributed by atoms with van der Waals surface area (Å²) in [5.41, 5.74) is 1.41. The number of carbonyl (C=O) groups is 1. The first-order valence-corrected chi connectivity index (χ1v) is 7.25. The van der Waals surface area contributed by atoms with E-state index in [1.54, 1.807) is 23.1 Å². The summed E-state index contributed by atoms with van der Waals surface area (Å²) in [6.07, 6.45) is 6.56. The van der Waals surface area contributed by atoms with Crippen molar-refractivity contribution in [2.24, 2.45) is 7.05 Å². The van der Waals surface area contributed by atoms with E-state index in [9.17, 15) is 4.79 Å². The summed E-state index contributed by atoms with van der Waals surface area (Å²) in [4.78, 5) is 23.4. The van der Waals surface area contributed by atoms with E-state index in [-0.39, 0.29) is 11.9 Å². The predicted molar refractivity (Wildman–Crippen MR) is 77.6 cm³/mol. The van der Waals surface area contributed by atoms with Gasteiger partial charge < -0.3 is 4.90 Å². The van der Waals surface area contributed by atoms with Crippen LogP contribution in [0.5, 0.6) is 0 Å². The third-order valence-electron chi connectivity index (χ3n) is 3.81. The van der Waals surface area contributed by atoms with E-state index in [1.807, 2.05) is 24.9 Å². The van der Waals surface area contributed by atoms with E-state index >= 15 is 0 Å². The summed E-state index contributed by atoms with van der Waals surface area (Å²) in [6.45, 7) is 2.68. The van der Waals surface area contributed by atoms with Crippen molar-refractivity contribution in [3.8, 4) is 0 Å². The van der Waals surface area contributed by atoms with Gasteiger partial charge >= 0.3 is 0 Å². The van der Waals surface area contributed by atoms with Crippen LogP contribution in [0, 0.1) is 6.92 Å². The van der Waals surface area contributed by atoms with Gasteiger partial charge in [0.05, 0.1) is 6.04 Å². The first-order chi connectivity index (χ1) is 10.1. The average molecular weight is 285 g/mol. The molecule has 6 heteroatoms. The van der Waals surface area contributed by atoms with Gasteiger partial charge in [-0.05, 0) is 38.3 Å². The van der Waals surface area contributed by atoms with Crippen LogP contribution in [0.4, 0.5) is 0 Å². The van der Waals surface area contributed by atoms with Crippen LogP contribution < -0.4 is 0 Å². The Balaban J connectivity index is 1.89. The van der Waals surface area contributed by atoms with Crippen molar-refractivity contribution in [2.75, 3.05) is 6.54 Å². The van der Waals surface area contributed by atoms with E-state index < -0.39 is 0 Å². The van der Waals surface area contributed by atoms with Gasteiger partial charge in [0.25, 0.3) is 5.91 Å². The third kappa shape index (κ3) is 2.79. The van der Waals surface area contributed by atoms with Crippen LogP contribution >= 0.6 is 0 Å². The average Bonchev–Trinajstić information content (AvgIpc) is 2.93. The Morgan fingerprint density at radius 3 is 2.90 bits per heavy atom. The zero-order valence-corrected chi connectivity index (χ0v) is 12.4. The number of carbonyl (C=O) groups excluding carboxylic acids is 1. The lowest BCUT2D eigenvalue weighted by Crippen LogP contribution is -2.39. The van der Waals surface area contributed by atoms with Gasteiger partial charge in [0.15, 0.2) is 5.82 Å². The summed E-state index contributed by atoms with van der Waals surface area (Å²) in [5.74, 6) is 0.699. The molecule has 1 aliphatic heterocycles. The van der Waals surface area contributed by atoms with Crippen molar-refractivity contribution in [3.05, 3.63) is 41.7 Å². The number of hydrogen-bond acceptors (Lipinski definition) is 4. The quantitative estimate of drug-likeness (QED) is 0.845. The number of aryl methyl sites for hydroxylation is 2. The van der Waals surface area contributed by atoms with Gasteiger partial charge in [-0.1, -0.05) is 0 Å². The van der Waals surface area contributed by atoms with E-state index in [0.717, 1.165) is 37.3 Å². The molecule has 0 unspecified atom stereocenters. The topological polar surface area (TPSA) is 63.9 Å². The maximum atomic E-state index is 12.7. The molecule has 0 saturated carbocycles. The molecule has 0 spiro atoms. The molecule has 21 heavy (non-hydrogen) atoms. The third-order valence-corrected chi connectivity index (χ3v) is 3.81. The number of piperidine rings is 1. The van der Waals surface area contributed by atoms with E-state index in [2.05, 4.69) is 15.1 Å². The summed E-state index contributed by atoms with van der Waals surface area (Å²) in [7, 11) is 1.81. The second-order valence-corrected chi connectivity index (χ2v) is 5.44. The lowest BCUT2D eigenvalue weighted by Gasteiger charge is -2.34. The highest BCUT2D eigenvalue weighted by Crippen LogP contribution is 2.29. The van der Waals surface area contributed by atoms with E-state index in [1.165, 1.54) is 0 Å². The molecule has 0 N–H and O–H groups in total. The number of nitrogens with zero attached hydrogens (tertiary/aromatic N) is 5. The molecule has 3 rings (SSSR count). The highest BCUT2D eigenvalue weighted by atomic mass is 16.2. The van der Waals surface area contributed by atoms with Gasteiger partial charge in [-0.2, -0.15) is 5.10 Å². The minimum atomic E-state index is -0.0480. The first kappa shape index (κ1) is 13.7. The van der Waals surface area contributed by atoms with Crippen molar-refractivity contribution >= 4 is 5.91 Å². The van der Waals surface area contributed by atoms with Gasteiger partial charge in [0.1, 0.15) is 5.69 Å². The molecule has 6 nitrogen and oxygen atoms in total. The monoisotopic (exact) mass is 285 g/mol. The van der Waals surface area contributed by atoms with Crippen LogP contribution in [0.1, 0.15) is 47.3 Å². The van der Waals surface area contributed by atoms with Crippen molar-refractivity contribution in [1.82, 2.24) is 24.6 Å². The minimum Gasteiger partial charge on any atom is -0.327 e. The summed E-state index contributed by atoms with van der Waals surface area (Å²) in [6, 6.07) is 3.58. The predicted octanol–water partition coefficient (Wildman–Crippen LogP) is 1.89. The zero-order chi connectivity index (χ0) is 14.8. The van der Waals surface area contributed by atoms with Crippen molar-refractivity contribution in [1.29, 1.82) is 0 Å². The van der Waals surface area contributed by atoms with Crippen LogP contribution in [0.15, 0.2) is 24.5 Å². The summed E-state index contributed by atoms with van der Waals surface area (Å²) < 4.78 is 1.65. The standard InChI is InChI=1S/C15H19N5O/c1-11-6-8-16-14(17-11)13-5-3-4-9-20(13)15(21)12-7-10-19(2)18-12/h6-8,10,13H,3-5,9H2,1-2H3/t13-/m0/s1. The van der Waals surface area contributed by atoms with Gasteiger partial charge in [-0.15, -0.1) is 0 Å². The second kappa shape index (κ2) is 5.63. The Morgan fingerprint density at radius 2 is 2.19 bits per heavy atom. The lowest BCUT2D eigenvalue weighted by atomic mass is 10.0. The fraction of sp³-hybridized carbons (Fsp3) is 0.467. The molecule has 0 bridgehead atoms. The maximum absolute atomic E-state index is 12.7. The Hall–Kier alpha value is -2.24. The van der Waals surface area contributed by atoms with Crippen LogP contribution in [-0.4, -0.2) is 37.1 Å². The molecule has 1 atom stereocenters. The van der Waals surface area contributed by atoms with E-state index in [0.29, 0.717) is 5.69 Å². The number of likely N-dealkylation sites (tertiary alicyclic amines) is 1. The molecular formula is C15H19N5O. The fourth-order valence-corrected chi connectivity index (χ4v) is 2.75. The molecule has 1 saturated heterocycles. The number of rotatable bonds is 2.